The fourth-order valence-electron chi connectivity index (χ4n) is 4.07. The SMILES string of the molecule is CCCNC1(C(=O)O)CCC(N2CCC(C)CC2C)C1. The Kier molecular flexibility index (Phi) is 5.08. The molecule has 0 aromatic rings. The van der Waals surface area contributed by atoms with Gasteiger partial charge >= 0.3 is 5.97 Å². The maximum atomic E-state index is 11.7. The first-order chi connectivity index (χ1) is 9.48. The summed E-state index contributed by atoms with van der Waals surface area (Å²) >= 11 is 0. The van der Waals surface area contributed by atoms with Crippen molar-refractivity contribution < 1.29 is 9.90 Å². The number of aliphatic carboxylic acids is 1. The van der Waals surface area contributed by atoms with Crippen LogP contribution in [-0.2, 0) is 4.79 Å². The number of nitrogens with zero attached hydrogens (tertiary/aromatic N) is 1. The first kappa shape index (κ1) is 15.8. The number of hydrogen-bond acceptors (Lipinski definition) is 3. The first-order valence-electron chi connectivity index (χ1n) is 8.22. The van der Waals surface area contributed by atoms with Gasteiger partial charge in [-0.3, -0.25) is 9.69 Å². The van der Waals surface area contributed by atoms with E-state index in [0.717, 1.165) is 44.7 Å². The van der Waals surface area contributed by atoms with Gasteiger partial charge in [-0.15, -0.1) is 0 Å². The minimum Gasteiger partial charge on any atom is -0.480 e. The lowest BCUT2D eigenvalue weighted by Crippen LogP contribution is -2.53. The molecule has 20 heavy (non-hydrogen) atoms. The monoisotopic (exact) mass is 282 g/mol. The predicted octanol–water partition coefficient (Wildman–Crippen LogP) is 2.48. The molecule has 1 saturated carbocycles. The van der Waals surface area contributed by atoms with Gasteiger partial charge in [0.15, 0.2) is 0 Å². The average Bonchev–Trinajstić information content (AvgIpc) is 2.82. The van der Waals surface area contributed by atoms with E-state index < -0.39 is 11.5 Å². The van der Waals surface area contributed by atoms with E-state index in [0.29, 0.717) is 12.1 Å². The van der Waals surface area contributed by atoms with E-state index in [1.165, 1.54) is 12.8 Å². The highest BCUT2D eigenvalue weighted by Crippen LogP contribution is 2.37. The summed E-state index contributed by atoms with van der Waals surface area (Å²) in [5.74, 6) is 0.150. The van der Waals surface area contributed by atoms with Crippen LogP contribution in [0.4, 0.5) is 0 Å². The van der Waals surface area contributed by atoms with Crippen molar-refractivity contribution in [1.82, 2.24) is 10.2 Å². The van der Waals surface area contributed by atoms with Crippen LogP contribution in [0.1, 0.15) is 59.3 Å². The molecule has 2 aliphatic rings. The van der Waals surface area contributed by atoms with Crippen LogP contribution >= 0.6 is 0 Å². The fraction of sp³-hybridized carbons (Fsp3) is 0.938. The number of likely N-dealkylation sites (tertiary alicyclic amines) is 1. The molecule has 1 heterocycles. The summed E-state index contributed by atoms with van der Waals surface area (Å²) in [5.41, 5.74) is -0.677. The molecule has 2 rings (SSSR count). The molecule has 1 aliphatic heterocycles. The minimum absolute atomic E-state index is 0.443. The van der Waals surface area contributed by atoms with Crippen LogP contribution in [-0.4, -0.2) is 46.7 Å². The van der Waals surface area contributed by atoms with Crippen molar-refractivity contribution in [2.75, 3.05) is 13.1 Å². The Labute approximate surface area is 122 Å². The second kappa shape index (κ2) is 6.44. The summed E-state index contributed by atoms with van der Waals surface area (Å²) in [5, 5.41) is 12.9. The highest BCUT2D eigenvalue weighted by Gasteiger charge is 2.47. The molecule has 116 valence electrons. The molecular formula is C16H30N2O2. The third-order valence-electron chi connectivity index (χ3n) is 5.27. The van der Waals surface area contributed by atoms with Crippen LogP contribution in [0.15, 0.2) is 0 Å². The smallest absolute Gasteiger partial charge is 0.323 e. The second-order valence-electron chi connectivity index (χ2n) is 6.93. The zero-order valence-electron chi connectivity index (χ0n) is 13.2. The van der Waals surface area contributed by atoms with Crippen LogP contribution in [0.2, 0.25) is 0 Å². The number of piperidine rings is 1. The molecule has 0 radical (unpaired) electrons. The third-order valence-corrected chi connectivity index (χ3v) is 5.27. The van der Waals surface area contributed by atoms with Gasteiger partial charge < -0.3 is 10.4 Å². The van der Waals surface area contributed by atoms with Gasteiger partial charge in [-0.05, 0) is 64.5 Å². The van der Waals surface area contributed by atoms with Gasteiger partial charge in [-0.1, -0.05) is 13.8 Å². The number of carbonyl (C=O) groups is 1. The standard InChI is InChI=1S/C16H30N2O2/c1-4-8-17-16(15(19)20)7-5-14(11-16)18-9-6-12(2)10-13(18)3/h12-14,17H,4-11H2,1-3H3,(H,19,20). The van der Waals surface area contributed by atoms with E-state index in [4.69, 9.17) is 0 Å². The minimum atomic E-state index is -0.677. The lowest BCUT2D eigenvalue weighted by Gasteiger charge is -2.41. The van der Waals surface area contributed by atoms with Crippen LogP contribution in [0.3, 0.4) is 0 Å². The van der Waals surface area contributed by atoms with E-state index in [1.54, 1.807) is 0 Å². The maximum absolute atomic E-state index is 11.7. The molecule has 0 spiro atoms. The van der Waals surface area contributed by atoms with Crippen molar-refractivity contribution in [2.45, 2.75) is 76.9 Å². The van der Waals surface area contributed by atoms with Gasteiger partial charge in [0.25, 0.3) is 0 Å². The zero-order valence-corrected chi connectivity index (χ0v) is 13.2. The quantitative estimate of drug-likeness (QED) is 0.813. The number of hydrogen-bond donors (Lipinski definition) is 2. The highest BCUT2D eigenvalue weighted by atomic mass is 16.4. The molecule has 4 unspecified atom stereocenters. The van der Waals surface area contributed by atoms with Crippen molar-refractivity contribution in [3.05, 3.63) is 0 Å². The number of nitrogens with one attached hydrogen (secondary N) is 1. The molecule has 4 nitrogen and oxygen atoms in total. The number of carboxylic acid groups (broad SMARTS) is 1. The summed E-state index contributed by atoms with van der Waals surface area (Å²) in [6.07, 6.45) is 6.04. The number of rotatable bonds is 5. The van der Waals surface area contributed by atoms with Crippen molar-refractivity contribution in [1.29, 1.82) is 0 Å². The lowest BCUT2D eigenvalue weighted by molar-refractivity contribution is -0.144. The molecule has 2 fully saturated rings. The van der Waals surface area contributed by atoms with E-state index in [-0.39, 0.29) is 0 Å². The van der Waals surface area contributed by atoms with Gasteiger partial charge in [0.2, 0.25) is 0 Å². The Morgan fingerprint density at radius 2 is 2.15 bits per heavy atom. The molecule has 0 aromatic carbocycles. The summed E-state index contributed by atoms with van der Waals surface area (Å²) in [6.45, 7) is 8.65. The summed E-state index contributed by atoms with van der Waals surface area (Å²) in [4.78, 5) is 14.3. The first-order valence-corrected chi connectivity index (χ1v) is 8.22. The lowest BCUT2D eigenvalue weighted by atomic mass is 9.91. The Bertz CT molecular complexity index is 347. The molecule has 2 N–H and O–H groups in total. The zero-order chi connectivity index (χ0) is 14.8. The van der Waals surface area contributed by atoms with Crippen molar-refractivity contribution >= 4 is 5.97 Å². The number of carboxylic acids is 1. The molecule has 4 heteroatoms. The third kappa shape index (κ3) is 3.17. The second-order valence-corrected chi connectivity index (χ2v) is 6.93. The molecule has 0 bridgehead atoms. The van der Waals surface area contributed by atoms with Crippen LogP contribution in [0, 0.1) is 5.92 Å². The molecule has 1 saturated heterocycles. The largest absolute Gasteiger partial charge is 0.480 e. The van der Waals surface area contributed by atoms with Crippen LogP contribution in [0.25, 0.3) is 0 Å². The average molecular weight is 282 g/mol. The molecule has 0 aromatic heterocycles. The van der Waals surface area contributed by atoms with E-state index in [1.807, 2.05) is 0 Å². The predicted molar refractivity (Wildman–Crippen MR) is 80.9 cm³/mol. The molecule has 4 atom stereocenters. The van der Waals surface area contributed by atoms with E-state index in [2.05, 4.69) is 31.0 Å². The van der Waals surface area contributed by atoms with Crippen molar-refractivity contribution in [2.24, 2.45) is 5.92 Å². The Balaban J connectivity index is 2.00. The van der Waals surface area contributed by atoms with Crippen molar-refractivity contribution in [3.63, 3.8) is 0 Å². The summed E-state index contributed by atoms with van der Waals surface area (Å²) in [7, 11) is 0. The molecule has 0 amide bonds. The summed E-state index contributed by atoms with van der Waals surface area (Å²) < 4.78 is 0. The Morgan fingerprint density at radius 3 is 2.75 bits per heavy atom. The van der Waals surface area contributed by atoms with E-state index in [9.17, 15) is 9.90 Å². The normalized spacial score (nSPS) is 39.0. The summed E-state index contributed by atoms with van der Waals surface area (Å²) in [6, 6.07) is 1.04. The van der Waals surface area contributed by atoms with Gasteiger partial charge in [0, 0.05) is 12.1 Å². The van der Waals surface area contributed by atoms with Crippen molar-refractivity contribution in [3.8, 4) is 0 Å². The Morgan fingerprint density at radius 1 is 1.40 bits per heavy atom. The van der Waals surface area contributed by atoms with Crippen LogP contribution in [0.5, 0.6) is 0 Å². The maximum Gasteiger partial charge on any atom is 0.323 e. The highest BCUT2D eigenvalue weighted by molar-refractivity contribution is 5.79. The van der Waals surface area contributed by atoms with E-state index >= 15 is 0 Å². The Hall–Kier alpha value is -0.610. The van der Waals surface area contributed by atoms with Gasteiger partial charge in [-0.2, -0.15) is 0 Å². The molecule has 1 aliphatic carbocycles. The van der Waals surface area contributed by atoms with Crippen LogP contribution < -0.4 is 5.32 Å². The van der Waals surface area contributed by atoms with Gasteiger partial charge in [0.1, 0.15) is 5.54 Å². The van der Waals surface area contributed by atoms with Gasteiger partial charge in [0.05, 0.1) is 0 Å². The van der Waals surface area contributed by atoms with Gasteiger partial charge in [-0.25, -0.2) is 0 Å². The molecular weight excluding hydrogens is 252 g/mol. The fourth-order valence-corrected chi connectivity index (χ4v) is 4.07. The topological polar surface area (TPSA) is 52.6 Å².